The third-order valence-electron chi connectivity index (χ3n) is 5.45. The number of nitrogens with zero attached hydrogens (tertiary/aromatic N) is 3. The van der Waals surface area contributed by atoms with Crippen LogP contribution in [0.4, 0.5) is 0 Å². The molecule has 2 heterocycles. The molecular weight excluding hydrogens is 469 g/mol. The summed E-state index contributed by atoms with van der Waals surface area (Å²) in [5.41, 5.74) is 6.37. The van der Waals surface area contributed by atoms with Crippen LogP contribution < -0.4 is 4.74 Å². The molecule has 5 aromatic rings. The molecule has 0 atom stereocenters. The Kier molecular flexibility index (Phi) is 6.50. The maximum Gasteiger partial charge on any atom is 0.163 e. The van der Waals surface area contributed by atoms with Gasteiger partial charge in [0.05, 0.1) is 23.6 Å². The first-order valence-electron chi connectivity index (χ1n) is 10.7. The number of hydrogen-bond acceptors (Lipinski definition) is 4. The fourth-order valence-corrected chi connectivity index (χ4v) is 4.17. The number of aromatic nitrogens is 3. The predicted molar refractivity (Wildman–Crippen MR) is 135 cm³/mol. The second kappa shape index (κ2) is 9.85. The topological polar surface area (TPSA) is 48.7 Å². The van der Waals surface area contributed by atoms with Crippen LogP contribution in [0.25, 0.3) is 28.0 Å². The molecule has 0 N–H and O–H groups in total. The highest BCUT2D eigenvalue weighted by atomic mass is 35.5. The molecule has 0 bridgehead atoms. The Hall–Kier alpha value is -3.38. The lowest BCUT2D eigenvalue weighted by Gasteiger charge is -2.09. The molecule has 0 fully saturated rings. The van der Waals surface area contributed by atoms with Crippen LogP contribution in [0.2, 0.25) is 10.0 Å². The van der Waals surface area contributed by atoms with Crippen LogP contribution in [-0.4, -0.2) is 21.7 Å². The number of benzene rings is 3. The number of halogens is 2. The van der Waals surface area contributed by atoms with Gasteiger partial charge in [-0.25, -0.2) is 9.50 Å². The number of ether oxygens (including phenoxy) is 2. The highest BCUT2D eigenvalue weighted by Crippen LogP contribution is 2.32. The van der Waals surface area contributed by atoms with Gasteiger partial charge in [-0.2, -0.15) is 5.10 Å². The molecule has 0 amide bonds. The van der Waals surface area contributed by atoms with Crippen molar-refractivity contribution >= 4 is 28.8 Å². The minimum atomic E-state index is 0.363. The van der Waals surface area contributed by atoms with Crippen molar-refractivity contribution in [2.45, 2.75) is 13.2 Å². The van der Waals surface area contributed by atoms with Gasteiger partial charge in [0.25, 0.3) is 0 Å². The fraction of sp³-hybridized carbons (Fsp3) is 0.111. The van der Waals surface area contributed by atoms with Gasteiger partial charge in [0.1, 0.15) is 12.4 Å². The van der Waals surface area contributed by atoms with Crippen LogP contribution in [0.5, 0.6) is 5.75 Å². The lowest BCUT2D eigenvalue weighted by atomic mass is 10.1. The molecule has 5 nitrogen and oxygen atoms in total. The van der Waals surface area contributed by atoms with E-state index in [-0.39, 0.29) is 0 Å². The average Bonchev–Trinajstić information content (AvgIpc) is 3.22. The molecule has 5 rings (SSSR count). The Balaban J connectivity index is 1.48. The zero-order valence-electron chi connectivity index (χ0n) is 18.4. The quantitative estimate of drug-likeness (QED) is 0.244. The number of methoxy groups -OCH3 is 1. The highest BCUT2D eigenvalue weighted by molar-refractivity contribution is 6.31. The molecule has 0 saturated heterocycles. The summed E-state index contributed by atoms with van der Waals surface area (Å²) in [6.07, 6.45) is 1.79. The molecule has 7 heteroatoms. The Morgan fingerprint density at radius 1 is 0.824 bits per heavy atom. The van der Waals surface area contributed by atoms with E-state index in [1.54, 1.807) is 13.3 Å². The Morgan fingerprint density at radius 2 is 1.62 bits per heavy atom. The normalized spacial score (nSPS) is 11.1. The van der Waals surface area contributed by atoms with Crippen molar-refractivity contribution < 1.29 is 9.47 Å². The maximum atomic E-state index is 6.26. The van der Waals surface area contributed by atoms with E-state index < -0.39 is 0 Å². The van der Waals surface area contributed by atoms with E-state index in [9.17, 15) is 0 Å². The van der Waals surface area contributed by atoms with Crippen molar-refractivity contribution in [1.29, 1.82) is 0 Å². The Labute approximate surface area is 207 Å². The minimum absolute atomic E-state index is 0.363. The monoisotopic (exact) mass is 489 g/mol. The van der Waals surface area contributed by atoms with Gasteiger partial charge < -0.3 is 9.47 Å². The molecule has 34 heavy (non-hydrogen) atoms. The van der Waals surface area contributed by atoms with Crippen LogP contribution >= 0.6 is 23.2 Å². The summed E-state index contributed by atoms with van der Waals surface area (Å²) >= 11 is 12.2. The van der Waals surface area contributed by atoms with E-state index in [0.717, 1.165) is 45.0 Å². The maximum absolute atomic E-state index is 6.26. The second-order valence-electron chi connectivity index (χ2n) is 7.77. The molecule has 0 spiro atoms. The minimum Gasteiger partial charge on any atom is -0.489 e. The molecule has 0 radical (unpaired) electrons. The van der Waals surface area contributed by atoms with Crippen molar-refractivity contribution in [3.05, 3.63) is 106 Å². The van der Waals surface area contributed by atoms with Crippen molar-refractivity contribution in [2.75, 3.05) is 7.11 Å². The van der Waals surface area contributed by atoms with Crippen molar-refractivity contribution in [3.8, 4) is 28.1 Å². The van der Waals surface area contributed by atoms with Crippen molar-refractivity contribution in [2.24, 2.45) is 0 Å². The van der Waals surface area contributed by atoms with Crippen LogP contribution in [-0.2, 0) is 18.0 Å². The summed E-state index contributed by atoms with van der Waals surface area (Å²) in [5.74, 6) is 0.782. The molecule has 2 aromatic heterocycles. The van der Waals surface area contributed by atoms with Gasteiger partial charge in [-0.1, -0.05) is 47.5 Å². The van der Waals surface area contributed by atoms with Crippen molar-refractivity contribution in [3.63, 3.8) is 0 Å². The van der Waals surface area contributed by atoms with Crippen LogP contribution in [0.15, 0.2) is 85.1 Å². The second-order valence-corrected chi connectivity index (χ2v) is 8.64. The summed E-state index contributed by atoms with van der Waals surface area (Å²) in [5, 5.41) is 6.20. The Bertz CT molecular complexity index is 1430. The van der Waals surface area contributed by atoms with E-state index in [4.69, 9.17) is 37.8 Å². The highest BCUT2D eigenvalue weighted by Gasteiger charge is 2.18. The van der Waals surface area contributed by atoms with E-state index in [1.807, 2.05) is 83.4 Å². The van der Waals surface area contributed by atoms with Crippen molar-refractivity contribution in [1.82, 2.24) is 14.6 Å². The summed E-state index contributed by atoms with van der Waals surface area (Å²) in [6.45, 7) is 0.834. The lowest BCUT2D eigenvalue weighted by molar-refractivity contribution is 0.181. The zero-order chi connectivity index (χ0) is 23.5. The van der Waals surface area contributed by atoms with Gasteiger partial charge in [-0.05, 0) is 65.7 Å². The van der Waals surface area contributed by atoms with Gasteiger partial charge in [0, 0.05) is 28.9 Å². The first-order valence-corrected chi connectivity index (χ1v) is 11.5. The number of fused-ring (bicyclic) bond motifs is 1. The standard InChI is InChI=1S/C27H21Cl2N3O2/c1-33-17-24-26(20-3-2-4-22(29)15-20)27-30-14-13-25(32(27)31-24)19-7-11-23(12-8-19)34-16-18-5-9-21(28)10-6-18/h2-15H,16-17H2,1H3. The first kappa shape index (κ1) is 22.4. The number of rotatable bonds is 7. The third kappa shape index (κ3) is 4.64. The van der Waals surface area contributed by atoms with Gasteiger partial charge >= 0.3 is 0 Å². The van der Waals surface area contributed by atoms with Crippen LogP contribution in [0.1, 0.15) is 11.3 Å². The van der Waals surface area contributed by atoms with Gasteiger partial charge in [-0.3, -0.25) is 0 Å². The zero-order valence-corrected chi connectivity index (χ0v) is 19.9. The molecule has 170 valence electrons. The van der Waals surface area contributed by atoms with E-state index >= 15 is 0 Å². The van der Waals surface area contributed by atoms with E-state index in [2.05, 4.69) is 4.98 Å². The average molecular weight is 490 g/mol. The van der Waals surface area contributed by atoms with Gasteiger partial charge in [0.2, 0.25) is 0 Å². The van der Waals surface area contributed by atoms with Crippen LogP contribution in [0.3, 0.4) is 0 Å². The summed E-state index contributed by atoms with van der Waals surface area (Å²) in [6, 6.07) is 25.2. The van der Waals surface area contributed by atoms with Gasteiger partial charge in [0.15, 0.2) is 5.65 Å². The smallest absolute Gasteiger partial charge is 0.163 e. The number of hydrogen-bond donors (Lipinski definition) is 0. The molecule has 0 saturated carbocycles. The molecule has 0 unspecified atom stereocenters. The first-order chi connectivity index (χ1) is 16.6. The van der Waals surface area contributed by atoms with E-state index in [0.29, 0.717) is 23.3 Å². The summed E-state index contributed by atoms with van der Waals surface area (Å²) in [4.78, 5) is 4.63. The fourth-order valence-electron chi connectivity index (χ4n) is 3.85. The molecular formula is C27H21Cl2N3O2. The molecule has 0 aliphatic carbocycles. The predicted octanol–water partition coefficient (Wildman–Crippen LogP) is 7.10. The van der Waals surface area contributed by atoms with Gasteiger partial charge in [-0.15, -0.1) is 0 Å². The summed E-state index contributed by atoms with van der Waals surface area (Å²) in [7, 11) is 1.66. The molecule has 3 aromatic carbocycles. The largest absolute Gasteiger partial charge is 0.489 e. The molecule has 0 aliphatic heterocycles. The summed E-state index contributed by atoms with van der Waals surface area (Å²) < 4.78 is 13.2. The lowest BCUT2D eigenvalue weighted by Crippen LogP contribution is -1.97. The SMILES string of the molecule is COCc1nn2c(-c3ccc(OCc4ccc(Cl)cc4)cc3)ccnc2c1-c1cccc(Cl)c1. The third-order valence-corrected chi connectivity index (χ3v) is 5.94. The van der Waals surface area contributed by atoms with Crippen LogP contribution in [0, 0.1) is 0 Å². The Morgan fingerprint density at radius 3 is 2.35 bits per heavy atom. The molecule has 0 aliphatic rings. The van der Waals surface area contributed by atoms with E-state index in [1.165, 1.54) is 0 Å².